The van der Waals surface area contributed by atoms with Gasteiger partial charge < -0.3 is 9.30 Å². The van der Waals surface area contributed by atoms with Crippen LogP contribution in [0.1, 0.15) is 23.4 Å². The molecule has 3 aromatic rings. The SMILES string of the molecule is Cn1ccnc1C1=Cc2c[c]ccc2OC1CCc1ccc(F)cc1. The van der Waals surface area contributed by atoms with E-state index in [-0.39, 0.29) is 11.9 Å². The molecule has 2 heterocycles. The van der Waals surface area contributed by atoms with Crippen LogP contribution in [-0.2, 0) is 13.5 Å². The molecular formula is C21H18FN2O. The predicted molar refractivity (Wildman–Crippen MR) is 95.5 cm³/mol. The quantitative estimate of drug-likeness (QED) is 0.712. The summed E-state index contributed by atoms with van der Waals surface area (Å²) in [5.41, 5.74) is 3.16. The number of aryl methyl sites for hydroxylation is 2. The van der Waals surface area contributed by atoms with Gasteiger partial charge in [-0.1, -0.05) is 18.2 Å². The summed E-state index contributed by atoms with van der Waals surface area (Å²) in [4.78, 5) is 4.48. The first kappa shape index (κ1) is 15.6. The highest BCUT2D eigenvalue weighted by Gasteiger charge is 2.26. The summed E-state index contributed by atoms with van der Waals surface area (Å²) in [5.74, 6) is 1.55. The van der Waals surface area contributed by atoms with Crippen molar-refractivity contribution in [1.29, 1.82) is 0 Å². The molecule has 1 aromatic heterocycles. The fourth-order valence-corrected chi connectivity index (χ4v) is 3.14. The first-order valence-corrected chi connectivity index (χ1v) is 8.31. The Morgan fingerprint density at radius 1 is 1.24 bits per heavy atom. The lowest BCUT2D eigenvalue weighted by molar-refractivity contribution is 0.243. The molecule has 0 fully saturated rings. The minimum Gasteiger partial charge on any atom is -0.485 e. The van der Waals surface area contributed by atoms with Gasteiger partial charge in [0, 0.05) is 30.6 Å². The largest absolute Gasteiger partial charge is 0.485 e. The Labute approximate surface area is 146 Å². The number of hydrogen-bond donors (Lipinski definition) is 0. The van der Waals surface area contributed by atoms with E-state index in [1.807, 2.05) is 48.1 Å². The van der Waals surface area contributed by atoms with Gasteiger partial charge in [0.15, 0.2) is 0 Å². The Hall–Kier alpha value is -2.88. The molecule has 4 rings (SSSR count). The Bertz CT molecular complexity index is 912. The third kappa shape index (κ3) is 3.20. The number of benzene rings is 2. The van der Waals surface area contributed by atoms with Crippen LogP contribution >= 0.6 is 0 Å². The molecule has 0 amide bonds. The van der Waals surface area contributed by atoms with Crippen LogP contribution in [0, 0.1) is 11.9 Å². The van der Waals surface area contributed by atoms with E-state index in [4.69, 9.17) is 4.74 Å². The predicted octanol–water partition coefficient (Wildman–Crippen LogP) is 4.29. The van der Waals surface area contributed by atoms with Gasteiger partial charge in [0.2, 0.25) is 0 Å². The molecule has 1 radical (unpaired) electrons. The molecule has 0 spiro atoms. The second kappa shape index (κ2) is 6.55. The molecule has 1 atom stereocenters. The van der Waals surface area contributed by atoms with Gasteiger partial charge in [-0.05, 0) is 54.8 Å². The van der Waals surface area contributed by atoms with Crippen molar-refractivity contribution in [3.05, 3.63) is 83.7 Å². The average molecular weight is 333 g/mol. The number of imidazole rings is 1. The lowest BCUT2D eigenvalue weighted by Gasteiger charge is -2.27. The van der Waals surface area contributed by atoms with E-state index < -0.39 is 0 Å². The summed E-state index contributed by atoms with van der Waals surface area (Å²) in [6.45, 7) is 0. The van der Waals surface area contributed by atoms with Crippen molar-refractivity contribution in [2.75, 3.05) is 0 Å². The van der Waals surface area contributed by atoms with Crippen molar-refractivity contribution in [3.63, 3.8) is 0 Å². The maximum absolute atomic E-state index is 13.1. The maximum Gasteiger partial charge on any atom is 0.139 e. The second-order valence-electron chi connectivity index (χ2n) is 6.20. The van der Waals surface area contributed by atoms with Crippen LogP contribution in [0.2, 0.25) is 0 Å². The number of ether oxygens (including phenoxy) is 1. The van der Waals surface area contributed by atoms with Gasteiger partial charge in [-0.2, -0.15) is 0 Å². The highest BCUT2D eigenvalue weighted by atomic mass is 19.1. The number of aromatic nitrogens is 2. The van der Waals surface area contributed by atoms with E-state index in [0.717, 1.165) is 41.1 Å². The number of hydrogen-bond acceptors (Lipinski definition) is 2. The molecule has 25 heavy (non-hydrogen) atoms. The summed E-state index contributed by atoms with van der Waals surface area (Å²) in [6, 6.07) is 15.5. The molecule has 1 aliphatic rings. The van der Waals surface area contributed by atoms with Crippen LogP contribution < -0.4 is 4.74 Å². The zero-order chi connectivity index (χ0) is 17.2. The van der Waals surface area contributed by atoms with Crippen LogP contribution in [0.5, 0.6) is 5.75 Å². The molecule has 125 valence electrons. The molecule has 0 N–H and O–H groups in total. The summed E-state index contributed by atoms with van der Waals surface area (Å²) in [5, 5.41) is 0. The van der Waals surface area contributed by atoms with Crippen LogP contribution in [0.15, 0.2) is 54.9 Å². The van der Waals surface area contributed by atoms with Gasteiger partial charge in [0.25, 0.3) is 0 Å². The Morgan fingerprint density at radius 3 is 2.84 bits per heavy atom. The average Bonchev–Trinajstić information content (AvgIpc) is 3.06. The van der Waals surface area contributed by atoms with Crippen molar-refractivity contribution in [2.45, 2.75) is 18.9 Å². The fourth-order valence-electron chi connectivity index (χ4n) is 3.14. The van der Waals surface area contributed by atoms with Crippen LogP contribution in [0.4, 0.5) is 4.39 Å². The van der Waals surface area contributed by atoms with Gasteiger partial charge in [0.05, 0.1) is 0 Å². The number of halogens is 1. The zero-order valence-electron chi connectivity index (χ0n) is 13.9. The molecule has 4 heteroatoms. The Balaban J connectivity index is 1.63. The Kier molecular flexibility index (Phi) is 4.10. The third-order valence-corrected chi connectivity index (χ3v) is 4.47. The minimum absolute atomic E-state index is 0.0962. The van der Waals surface area contributed by atoms with Crippen LogP contribution in [0.3, 0.4) is 0 Å². The number of nitrogens with zero attached hydrogens (tertiary/aromatic N) is 2. The van der Waals surface area contributed by atoms with E-state index in [2.05, 4.69) is 17.1 Å². The van der Waals surface area contributed by atoms with Gasteiger partial charge in [-0.15, -0.1) is 0 Å². The molecule has 1 unspecified atom stereocenters. The fraction of sp³-hybridized carbons (Fsp3) is 0.190. The van der Waals surface area contributed by atoms with Crippen molar-refractivity contribution in [2.24, 2.45) is 7.05 Å². The van der Waals surface area contributed by atoms with E-state index in [0.29, 0.717) is 0 Å². The summed E-state index contributed by atoms with van der Waals surface area (Å²) >= 11 is 0. The van der Waals surface area contributed by atoms with E-state index >= 15 is 0 Å². The van der Waals surface area contributed by atoms with Crippen LogP contribution in [0.25, 0.3) is 11.6 Å². The molecule has 3 nitrogen and oxygen atoms in total. The first-order chi connectivity index (χ1) is 12.2. The summed E-state index contributed by atoms with van der Waals surface area (Å²) < 4.78 is 21.3. The molecule has 2 aromatic carbocycles. The van der Waals surface area contributed by atoms with E-state index in [9.17, 15) is 4.39 Å². The normalized spacial score (nSPS) is 16.1. The lowest BCUT2D eigenvalue weighted by Crippen LogP contribution is -2.24. The van der Waals surface area contributed by atoms with Gasteiger partial charge in [-0.3, -0.25) is 0 Å². The summed E-state index contributed by atoms with van der Waals surface area (Å²) in [7, 11) is 1.98. The third-order valence-electron chi connectivity index (χ3n) is 4.47. The molecule has 0 saturated carbocycles. The lowest BCUT2D eigenvalue weighted by atomic mass is 9.96. The van der Waals surface area contributed by atoms with Crippen molar-refractivity contribution >= 4 is 11.6 Å². The molecule has 0 aliphatic carbocycles. The molecular weight excluding hydrogens is 315 g/mol. The number of fused-ring (bicyclic) bond motifs is 1. The monoisotopic (exact) mass is 333 g/mol. The van der Waals surface area contributed by atoms with Gasteiger partial charge in [-0.25, -0.2) is 9.37 Å². The van der Waals surface area contributed by atoms with E-state index in [1.54, 1.807) is 6.20 Å². The molecule has 0 saturated heterocycles. The highest BCUT2D eigenvalue weighted by Crippen LogP contribution is 2.35. The molecule has 1 aliphatic heterocycles. The standard InChI is InChI=1S/C21H18FN2O/c1-24-13-12-23-21(24)18-14-16-4-2-3-5-19(16)25-20(18)11-8-15-6-9-17(22)10-7-15/h3-7,9-10,12-14,20H,8,11H2,1H3. The van der Waals surface area contributed by atoms with Gasteiger partial charge >= 0.3 is 0 Å². The maximum atomic E-state index is 13.1. The first-order valence-electron chi connectivity index (χ1n) is 8.31. The molecule has 0 bridgehead atoms. The van der Waals surface area contributed by atoms with Crippen molar-refractivity contribution < 1.29 is 9.13 Å². The van der Waals surface area contributed by atoms with Crippen LogP contribution in [-0.4, -0.2) is 15.7 Å². The minimum atomic E-state index is -0.212. The number of rotatable bonds is 4. The van der Waals surface area contributed by atoms with E-state index in [1.165, 1.54) is 12.1 Å². The van der Waals surface area contributed by atoms with Crippen molar-refractivity contribution in [3.8, 4) is 5.75 Å². The second-order valence-corrected chi connectivity index (χ2v) is 6.20. The highest BCUT2D eigenvalue weighted by molar-refractivity contribution is 5.85. The van der Waals surface area contributed by atoms with Gasteiger partial charge in [0.1, 0.15) is 23.5 Å². The van der Waals surface area contributed by atoms with Crippen molar-refractivity contribution in [1.82, 2.24) is 9.55 Å². The smallest absolute Gasteiger partial charge is 0.139 e. The topological polar surface area (TPSA) is 27.1 Å². The zero-order valence-corrected chi connectivity index (χ0v) is 13.9. The Morgan fingerprint density at radius 2 is 2.08 bits per heavy atom. The summed E-state index contributed by atoms with van der Waals surface area (Å²) in [6.07, 6.45) is 7.36.